The molecule has 0 amide bonds. The van der Waals surface area contributed by atoms with Gasteiger partial charge in [0.1, 0.15) is 0 Å². The van der Waals surface area contributed by atoms with Gasteiger partial charge >= 0.3 is 5.97 Å². The Morgan fingerprint density at radius 2 is 2.20 bits per heavy atom. The van der Waals surface area contributed by atoms with Crippen molar-refractivity contribution >= 4 is 22.8 Å². The van der Waals surface area contributed by atoms with Gasteiger partial charge in [0.15, 0.2) is 6.10 Å². The highest BCUT2D eigenvalue weighted by atomic mass is 35.5. The lowest BCUT2D eigenvalue weighted by atomic mass is 10.4. The zero-order chi connectivity index (χ0) is 8.15. The van der Waals surface area contributed by atoms with Crippen molar-refractivity contribution in [2.45, 2.75) is 13.0 Å². The van der Waals surface area contributed by atoms with Crippen molar-refractivity contribution in [1.82, 2.24) is 0 Å². The van der Waals surface area contributed by atoms with Gasteiger partial charge in [0.05, 0.1) is 0 Å². The summed E-state index contributed by atoms with van der Waals surface area (Å²) >= 11 is 4.98. The second-order valence-corrected chi connectivity index (χ2v) is 1.96. The molecule has 0 aliphatic rings. The third-order valence-electron chi connectivity index (χ3n) is 0.779. The van der Waals surface area contributed by atoms with Gasteiger partial charge in [0.25, 0.3) is 5.24 Å². The number of esters is 1. The third-order valence-corrected chi connectivity index (χ3v) is 1.09. The molecule has 10 heavy (non-hydrogen) atoms. The Hall–Kier alpha value is -0.830. The Balaban J connectivity index is 3.79. The zero-order valence-corrected chi connectivity index (χ0v) is 6.22. The number of hydrogen-bond donors (Lipinski definition) is 0. The molecule has 1 unspecified atom stereocenters. The molecule has 0 fully saturated rings. The Morgan fingerprint density at radius 3 is 2.50 bits per heavy atom. The lowest BCUT2D eigenvalue weighted by molar-refractivity contribution is -0.146. The minimum atomic E-state index is -0.896. The fraction of sp³-hybridized carbons (Fsp3) is 0.333. The molecule has 0 rings (SSSR count). The van der Waals surface area contributed by atoms with Crippen LogP contribution >= 0.6 is 11.6 Å². The zero-order valence-electron chi connectivity index (χ0n) is 5.46. The van der Waals surface area contributed by atoms with Crippen molar-refractivity contribution in [2.75, 3.05) is 0 Å². The molecule has 56 valence electrons. The Morgan fingerprint density at radius 1 is 1.70 bits per heavy atom. The molecule has 0 aromatic heterocycles. The third kappa shape index (κ3) is 3.25. The van der Waals surface area contributed by atoms with Crippen molar-refractivity contribution in [2.24, 2.45) is 0 Å². The van der Waals surface area contributed by atoms with E-state index in [1.807, 2.05) is 0 Å². The van der Waals surface area contributed by atoms with Crippen LogP contribution in [0.3, 0.4) is 0 Å². The molecule has 0 spiro atoms. The maximum atomic E-state index is 10.4. The van der Waals surface area contributed by atoms with Crippen molar-refractivity contribution in [3.05, 3.63) is 12.7 Å². The summed E-state index contributed by atoms with van der Waals surface area (Å²) in [7, 11) is 0. The van der Waals surface area contributed by atoms with Gasteiger partial charge in [0.2, 0.25) is 0 Å². The van der Waals surface area contributed by atoms with Crippen LogP contribution in [0.2, 0.25) is 0 Å². The van der Waals surface area contributed by atoms with Gasteiger partial charge in [-0.3, -0.25) is 4.79 Å². The standard InChI is InChI=1S/C6H7ClO3/c1-3-5(8)10-4(2)6(7)9/h3-4H,1H2,2H3. The molecular formula is C6H7ClO3. The number of hydrogen-bond acceptors (Lipinski definition) is 3. The maximum Gasteiger partial charge on any atom is 0.330 e. The van der Waals surface area contributed by atoms with Crippen LogP contribution in [-0.4, -0.2) is 17.3 Å². The van der Waals surface area contributed by atoms with E-state index in [9.17, 15) is 9.59 Å². The molecular weight excluding hydrogens is 156 g/mol. The van der Waals surface area contributed by atoms with Crippen LogP contribution < -0.4 is 0 Å². The first-order valence-electron chi connectivity index (χ1n) is 2.60. The molecule has 1 atom stereocenters. The van der Waals surface area contributed by atoms with E-state index >= 15 is 0 Å². The van der Waals surface area contributed by atoms with E-state index in [0.717, 1.165) is 6.08 Å². The Kier molecular flexibility index (Phi) is 3.72. The Bertz CT molecular complexity index is 164. The van der Waals surface area contributed by atoms with E-state index in [1.165, 1.54) is 6.92 Å². The molecule has 0 bridgehead atoms. The van der Waals surface area contributed by atoms with Gasteiger partial charge in [0, 0.05) is 6.08 Å². The first kappa shape index (κ1) is 9.17. The SMILES string of the molecule is C=CC(=O)OC(C)C(=O)Cl. The van der Waals surface area contributed by atoms with E-state index in [4.69, 9.17) is 11.6 Å². The monoisotopic (exact) mass is 162 g/mol. The van der Waals surface area contributed by atoms with Gasteiger partial charge in [-0.25, -0.2) is 4.79 Å². The second kappa shape index (κ2) is 4.06. The molecule has 3 nitrogen and oxygen atoms in total. The van der Waals surface area contributed by atoms with Crippen molar-refractivity contribution in [3.8, 4) is 0 Å². The summed E-state index contributed by atoms with van der Waals surface area (Å²) in [6.45, 7) is 4.53. The minimum Gasteiger partial charge on any atom is -0.450 e. The van der Waals surface area contributed by atoms with Gasteiger partial charge in [-0.05, 0) is 18.5 Å². The molecule has 4 heteroatoms. The van der Waals surface area contributed by atoms with Crippen LogP contribution in [0.1, 0.15) is 6.92 Å². The summed E-state index contributed by atoms with van der Waals surface area (Å²) in [5, 5.41) is -0.699. The van der Waals surface area contributed by atoms with Crippen LogP contribution in [-0.2, 0) is 14.3 Å². The molecule has 0 aromatic carbocycles. The lowest BCUT2D eigenvalue weighted by Gasteiger charge is -2.04. The highest BCUT2D eigenvalue weighted by Gasteiger charge is 2.12. The Labute approximate surface area is 63.6 Å². The minimum absolute atomic E-state index is 0.651. The predicted octanol–water partition coefficient (Wildman–Crippen LogP) is 0.869. The van der Waals surface area contributed by atoms with E-state index in [-0.39, 0.29) is 0 Å². The maximum absolute atomic E-state index is 10.4. The van der Waals surface area contributed by atoms with Gasteiger partial charge in [-0.2, -0.15) is 0 Å². The largest absolute Gasteiger partial charge is 0.450 e. The molecule has 0 radical (unpaired) electrons. The normalized spacial score (nSPS) is 11.8. The van der Waals surface area contributed by atoms with Crippen molar-refractivity contribution in [3.63, 3.8) is 0 Å². The summed E-state index contributed by atoms with van der Waals surface area (Å²) in [6, 6.07) is 0. The molecule has 0 aromatic rings. The topological polar surface area (TPSA) is 43.4 Å². The molecule has 0 aliphatic heterocycles. The average Bonchev–Trinajstić information content (AvgIpc) is 1.87. The molecule has 0 heterocycles. The number of carbonyl (C=O) groups is 2. The fourth-order valence-electron chi connectivity index (χ4n) is 0.269. The summed E-state index contributed by atoms with van der Waals surface area (Å²) < 4.78 is 4.42. The number of halogens is 1. The van der Waals surface area contributed by atoms with Crippen LogP contribution in [0.5, 0.6) is 0 Å². The molecule has 0 aliphatic carbocycles. The number of ether oxygens (including phenoxy) is 1. The summed E-state index contributed by atoms with van der Waals surface area (Å²) in [6.07, 6.45) is 0.0724. The second-order valence-electron chi connectivity index (χ2n) is 1.59. The van der Waals surface area contributed by atoms with Crippen LogP contribution in [0.4, 0.5) is 0 Å². The van der Waals surface area contributed by atoms with Crippen LogP contribution in [0, 0.1) is 0 Å². The van der Waals surface area contributed by atoms with E-state index in [0.29, 0.717) is 0 Å². The smallest absolute Gasteiger partial charge is 0.330 e. The van der Waals surface area contributed by atoms with Crippen LogP contribution in [0.25, 0.3) is 0 Å². The molecule has 0 saturated heterocycles. The number of carbonyl (C=O) groups excluding carboxylic acids is 2. The first-order valence-corrected chi connectivity index (χ1v) is 2.98. The van der Waals surface area contributed by atoms with Gasteiger partial charge in [-0.1, -0.05) is 6.58 Å². The molecule has 0 N–H and O–H groups in total. The van der Waals surface area contributed by atoms with E-state index in [2.05, 4.69) is 11.3 Å². The molecule has 0 saturated carbocycles. The van der Waals surface area contributed by atoms with Crippen LogP contribution in [0.15, 0.2) is 12.7 Å². The van der Waals surface area contributed by atoms with E-state index < -0.39 is 17.3 Å². The highest BCUT2D eigenvalue weighted by Crippen LogP contribution is 1.96. The summed E-state index contributed by atoms with van der Waals surface area (Å²) in [4.78, 5) is 20.6. The average molecular weight is 163 g/mol. The van der Waals surface area contributed by atoms with Crippen molar-refractivity contribution in [1.29, 1.82) is 0 Å². The number of rotatable bonds is 3. The predicted molar refractivity (Wildman–Crippen MR) is 36.6 cm³/mol. The van der Waals surface area contributed by atoms with Crippen molar-refractivity contribution < 1.29 is 14.3 Å². The first-order chi connectivity index (χ1) is 4.57. The fourth-order valence-corrected chi connectivity index (χ4v) is 0.313. The van der Waals surface area contributed by atoms with Gasteiger partial charge in [-0.15, -0.1) is 0 Å². The summed E-state index contributed by atoms with van der Waals surface area (Å²) in [5.74, 6) is -0.651. The quantitative estimate of drug-likeness (QED) is 0.351. The summed E-state index contributed by atoms with van der Waals surface area (Å²) in [5.41, 5.74) is 0. The van der Waals surface area contributed by atoms with E-state index in [1.54, 1.807) is 0 Å². The van der Waals surface area contributed by atoms with Gasteiger partial charge < -0.3 is 4.74 Å². The highest BCUT2D eigenvalue weighted by molar-refractivity contribution is 6.64. The lowest BCUT2D eigenvalue weighted by Crippen LogP contribution is -2.18.